The van der Waals surface area contributed by atoms with Gasteiger partial charge in [-0.3, -0.25) is 9.78 Å². The number of halogens is 1. The zero-order valence-corrected chi connectivity index (χ0v) is 15.3. The van der Waals surface area contributed by atoms with Gasteiger partial charge in [0.1, 0.15) is 5.69 Å². The van der Waals surface area contributed by atoms with Crippen LogP contribution in [0.5, 0.6) is 0 Å². The van der Waals surface area contributed by atoms with E-state index in [1.807, 2.05) is 41.3 Å². The summed E-state index contributed by atoms with van der Waals surface area (Å²) in [5.74, 6) is 0.603. The Labute approximate surface area is 154 Å². The predicted octanol–water partition coefficient (Wildman–Crippen LogP) is 4.26. The molecule has 1 fully saturated rings. The zero-order chi connectivity index (χ0) is 17.6. The second kappa shape index (κ2) is 8.34. The van der Waals surface area contributed by atoms with E-state index in [0.29, 0.717) is 11.6 Å². The van der Waals surface area contributed by atoms with Gasteiger partial charge in [-0.2, -0.15) is 0 Å². The third-order valence-electron chi connectivity index (χ3n) is 4.58. The number of hydrogen-bond donors (Lipinski definition) is 1. The van der Waals surface area contributed by atoms with Crippen molar-refractivity contribution in [2.24, 2.45) is 5.92 Å². The Hall–Kier alpha value is -2.07. The predicted molar refractivity (Wildman–Crippen MR) is 102 cm³/mol. The molecular weight excluding hydrogens is 334 g/mol. The highest BCUT2D eigenvalue weighted by Gasteiger charge is 2.22. The normalized spacial score (nSPS) is 17.4. The van der Waals surface area contributed by atoms with Crippen molar-refractivity contribution in [3.63, 3.8) is 0 Å². The zero-order valence-electron chi connectivity index (χ0n) is 14.5. The highest BCUT2D eigenvalue weighted by Crippen LogP contribution is 2.18. The molecule has 1 amide bonds. The first-order valence-electron chi connectivity index (χ1n) is 8.85. The van der Waals surface area contributed by atoms with Crippen LogP contribution in [0.1, 0.15) is 35.8 Å². The molecule has 0 aliphatic carbocycles. The lowest BCUT2D eigenvalue weighted by Crippen LogP contribution is -2.39. The third kappa shape index (κ3) is 4.95. The SMILES string of the molecule is CC1CCCN(C(=O)c2cc(NCCc3ccc(Cl)cc3)ccn2)C1. The van der Waals surface area contributed by atoms with Gasteiger partial charge in [-0.05, 0) is 55.0 Å². The summed E-state index contributed by atoms with van der Waals surface area (Å²) >= 11 is 5.90. The lowest BCUT2D eigenvalue weighted by molar-refractivity contribution is 0.0677. The molecule has 0 spiro atoms. The number of carbonyl (C=O) groups is 1. The number of nitrogens with one attached hydrogen (secondary N) is 1. The van der Waals surface area contributed by atoms with Gasteiger partial charge in [0, 0.05) is 36.5 Å². The minimum atomic E-state index is 0.0351. The Morgan fingerprint density at radius 2 is 2.12 bits per heavy atom. The first-order chi connectivity index (χ1) is 12.1. The smallest absolute Gasteiger partial charge is 0.272 e. The van der Waals surface area contributed by atoms with Crippen LogP contribution in [0, 0.1) is 5.92 Å². The number of pyridine rings is 1. The van der Waals surface area contributed by atoms with Crippen molar-refractivity contribution in [1.82, 2.24) is 9.88 Å². The van der Waals surface area contributed by atoms with Gasteiger partial charge in [-0.1, -0.05) is 30.7 Å². The minimum Gasteiger partial charge on any atom is -0.385 e. The van der Waals surface area contributed by atoms with E-state index in [2.05, 4.69) is 17.2 Å². The lowest BCUT2D eigenvalue weighted by Gasteiger charge is -2.30. The number of aromatic nitrogens is 1. The second-order valence-electron chi connectivity index (χ2n) is 6.73. The Balaban J connectivity index is 1.57. The van der Waals surface area contributed by atoms with E-state index < -0.39 is 0 Å². The second-order valence-corrected chi connectivity index (χ2v) is 7.17. The van der Waals surface area contributed by atoms with E-state index in [1.54, 1.807) is 6.20 Å². The molecule has 0 radical (unpaired) electrons. The summed E-state index contributed by atoms with van der Waals surface area (Å²) in [6, 6.07) is 11.6. The van der Waals surface area contributed by atoms with Crippen LogP contribution in [-0.4, -0.2) is 35.4 Å². The monoisotopic (exact) mass is 357 g/mol. The molecule has 1 aromatic carbocycles. The molecule has 1 saturated heterocycles. The molecule has 1 aliphatic rings. The minimum absolute atomic E-state index is 0.0351. The van der Waals surface area contributed by atoms with Gasteiger partial charge < -0.3 is 10.2 Å². The third-order valence-corrected chi connectivity index (χ3v) is 4.83. The summed E-state index contributed by atoms with van der Waals surface area (Å²) in [4.78, 5) is 18.8. The number of nitrogens with zero attached hydrogens (tertiary/aromatic N) is 2. The first-order valence-corrected chi connectivity index (χ1v) is 9.23. The van der Waals surface area contributed by atoms with Gasteiger partial charge in [0.25, 0.3) is 5.91 Å². The molecule has 1 aromatic heterocycles. The summed E-state index contributed by atoms with van der Waals surface area (Å²) < 4.78 is 0. The van der Waals surface area contributed by atoms with Crippen LogP contribution in [0.25, 0.3) is 0 Å². The van der Waals surface area contributed by atoms with Crippen LogP contribution in [0.4, 0.5) is 5.69 Å². The molecule has 0 bridgehead atoms. The number of hydrogen-bond acceptors (Lipinski definition) is 3. The van der Waals surface area contributed by atoms with Crippen LogP contribution in [0.15, 0.2) is 42.6 Å². The summed E-state index contributed by atoms with van der Waals surface area (Å²) in [6.45, 7) is 4.65. The van der Waals surface area contributed by atoms with Crippen molar-refractivity contribution in [2.45, 2.75) is 26.2 Å². The molecule has 2 aromatic rings. The van der Waals surface area contributed by atoms with Crippen LogP contribution >= 0.6 is 11.6 Å². The molecule has 132 valence electrons. The van der Waals surface area contributed by atoms with Crippen LogP contribution < -0.4 is 5.32 Å². The molecule has 0 saturated carbocycles. The number of piperidine rings is 1. The Bertz CT molecular complexity index is 717. The molecule has 5 heteroatoms. The van der Waals surface area contributed by atoms with E-state index in [1.165, 1.54) is 12.0 Å². The van der Waals surface area contributed by atoms with Crippen LogP contribution in [0.2, 0.25) is 5.02 Å². The maximum atomic E-state index is 12.6. The highest BCUT2D eigenvalue weighted by atomic mass is 35.5. The fraction of sp³-hybridized carbons (Fsp3) is 0.400. The molecule has 1 unspecified atom stereocenters. The van der Waals surface area contributed by atoms with Crippen LogP contribution in [-0.2, 0) is 6.42 Å². The molecule has 3 rings (SSSR count). The molecule has 4 nitrogen and oxygen atoms in total. The van der Waals surface area contributed by atoms with E-state index in [-0.39, 0.29) is 5.91 Å². The average Bonchev–Trinajstić information content (AvgIpc) is 2.63. The molecular formula is C20H24ClN3O. The average molecular weight is 358 g/mol. The summed E-state index contributed by atoms with van der Waals surface area (Å²) in [5, 5.41) is 4.12. The molecule has 1 atom stereocenters. The molecule has 2 heterocycles. The largest absolute Gasteiger partial charge is 0.385 e. The van der Waals surface area contributed by atoms with Crippen molar-refractivity contribution in [1.29, 1.82) is 0 Å². The number of anilines is 1. The first kappa shape index (κ1) is 17.7. The van der Waals surface area contributed by atoms with E-state index in [9.17, 15) is 4.79 Å². The summed E-state index contributed by atoms with van der Waals surface area (Å²) in [7, 11) is 0. The quantitative estimate of drug-likeness (QED) is 0.869. The Morgan fingerprint density at radius 1 is 1.32 bits per heavy atom. The standard InChI is InChI=1S/C20H24ClN3O/c1-15-3-2-12-24(14-15)20(25)19-13-18(9-11-23-19)22-10-8-16-4-6-17(21)7-5-16/h4-7,9,11,13,15H,2-3,8,10,12,14H2,1H3,(H,22,23). The van der Waals surface area contributed by atoms with E-state index in [4.69, 9.17) is 11.6 Å². The van der Waals surface area contributed by atoms with E-state index >= 15 is 0 Å². The Morgan fingerprint density at radius 3 is 2.88 bits per heavy atom. The van der Waals surface area contributed by atoms with Gasteiger partial charge in [0.2, 0.25) is 0 Å². The summed E-state index contributed by atoms with van der Waals surface area (Å²) in [6.07, 6.45) is 4.87. The van der Waals surface area contributed by atoms with Gasteiger partial charge >= 0.3 is 0 Å². The van der Waals surface area contributed by atoms with Gasteiger partial charge in [0.15, 0.2) is 0 Å². The van der Waals surface area contributed by atoms with Crippen molar-refractivity contribution >= 4 is 23.2 Å². The topological polar surface area (TPSA) is 45.2 Å². The number of amides is 1. The number of likely N-dealkylation sites (tertiary alicyclic amines) is 1. The van der Waals surface area contributed by atoms with Gasteiger partial charge in [-0.25, -0.2) is 0 Å². The van der Waals surface area contributed by atoms with Gasteiger partial charge in [0.05, 0.1) is 0 Å². The molecule has 25 heavy (non-hydrogen) atoms. The Kier molecular flexibility index (Phi) is 5.92. The maximum Gasteiger partial charge on any atom is 0.272 e. The molecule has 1 N–H and O–H groups in total. The van der Waals surface area contributed by atoms with Crippen LogP contribution in [0.3, 0.4) is 0 Å². The fourth-order valence-electron chi connectivity index (χ4n) is 3.20. The maximum absolute atomic E-state index is 12.6. The number of benzene rings is 1. The highest BCUT2D eigenvalue weighted by molar-refractivity contribution is 6.30. The number of rotatable bonds is 5. The molecule has 1 aliphatic heterocycles. The van der Waals surface area contributed by atoms with Crippen molar-refractivity contribution in [2.75, 3.05) is 25.0 Å². The van der Waals surface area contributed by atoms with Gasteiger partial charge in [-0.15, -0.1) is 0 Å². The summed E-state index contributed by atoms with van der Waals surface area (Å²) in [5.41, 5.74) is 2.67. The van der Waals surface area contributed by atoms with Crippen molar-refractivity contribution < 1.29 is 4.79 Å². The van der Waals surface area contributed by atoms with E-state index in [0.717, 1.165) is 43.2 Å². The van der Waals surface area contributed by atoms with Crippen molar-refractivity contribution in [3.8, 4) is 0 Å². The fourth-order valence-corrected chi connectivity index (χ4v) is 3.32. The number of carbonyl (C=O) groups excluding carboxylic acids is 1. The van der Waals surface area contributed by atoms with Crippen molar-refractivity contribution in [3.05, 3.63) is 58.9 Å². The lowest BCUT2D eigenvalue weighted by atomic mass is 10.00.